The summed E-state index contributed by atoms with van der Waals surface area (Å²) in [6.45, 7) is 6.78. The van der Waals surface area contributed by atoms with Crippen molar-refractivity contribution in [1.82, 2.24) is 4.90 Å². The number of carbonyl (C=O) groups excluding carboxylic acids is 1. The van der Waals surface area contributed by atoms with Gasteiger partial charge in [0.1, 0.15) is 5.75 Å². The zero-order chi connectivity index (χ0) is 12.1. The maximum absolute atomic E-state index is 12.1. The molecule has 1 rings (SSSR count). The summed E-state index contributed by atoms with van der Waals surface area (Å²) in [7, 11) is 0. The molecular formula is C13H19NO2. The van der Waals surface area contributed by atoms with Crippen molar-refractivity contribution < 1.29 is 9.90 Å². The number of amides is 1. The summed E-state index contributed by atoms with van der Waals surface area (Å²) in [6.07, 6.45) is 0.933. The number of nitrogens with zero attached hydrogens (tertiary/aromatic N) is 1. The van der Waals surface area contributed by atoms with E-state index in [1.165, 1.54) is 6.07 Å². The average molecular weight is 221 g/mol. The van der Waals surface area contributed by atoms with Crippen LogP contribution in [0.2, 0.25) is 0 Å². The summed E-state index contributed by atoms with van der Waals surface area (Å²) in [5.74, 6) is 0.110. The molecule has 0 saturated heterocycles. The van der Waals surface area contributed by atoms with Crippen molar-refractivity contribution in [2.24, 2.45) is 0 Å². The Labute approximate surface area is 96.7 Å². The fraction of sp³-hybridized carbons (Fsp3) is 0.462. The molecule has 3 nitrogen and oxygen atoms in total. The zero-order valence-electron chi connectivity index (χ0n) is 10.1. The molecule has 0 atom stereocenters. The molecule has 0 aromatic heterocycles. The molecular weight excluding hydrogens is 202 g/mol. The molecule has 0 fully saturated rings. The first-order valence-electron chi connectivity index (χ1n) is 5.66. The van der Waals surface area contributed by atoms with E-state index in [0.29, 0.717) is 5.56 Å². The molecule has 0 spiro atoms. The van der Waals surface area contributed by atoms with E-state index < -0.39 is 0 Å². The van der Waals surface area contributed by atoms with Crippen molar-refractivity contribution in [3.05, 3.63) is 29.8 Å². The summed E-state index contributed by atoms with van der Waals surface area (Å²) in [5, 5.41) is 9.34. The molecule has 0 radical (unpaired) electrons. The van der Waals surface area contributed by atoms with Crippen molar-refractivity contribution in [2.75, 3.05) is 6.54 Å². The minimum Gasteiger partial charge on any atom is -0.508 e. The normalized spacial score (nSPS) is 10.5. The zero-order valence-corrected chi connectivity index (χ0v) is 10.1. The minimum atomic E-state index is -0.0206. The first kappa shape index (κ1) is 12.6. The van der Waals surface area contributed by atoms with Crippen LogP contribution in [-0.2, 0) is 0 Å². The van der Waals surface area contributed by atoms with Crippen molar-refractivity contribution >= 4 is 5.91 Å². The molecule has 16 heavy (non-hydrogen) atoms. The second-order valence-electron chi connectivity index (χ2n) is 4.14. The van der Waals surface area contributed by atoms with Crippen molar-refractivity contribution in [3.63, 3.8) is 0 Å². The van der Waals surface area contributed by atoms with Crippen LogP contribution in [0.5, 0.6) is 5.75 Å². The summed E-state index contributed by atoms with van der Waals surface area (Å²) in [5.41, 5.74) is 0.544. The third-order valence-corrected chi connectivity index (χ3v) is 2.44. The number of benzene rings is 1. The van der Waals surface area contributed by atoms with Gasteiger partial charge in [-0.25, -0.2) is 0 Å². The van der Waals surface area contributed by atoms with Gasteiger partial charge in [0, 0.05) is 18.2 Å². The van der Waals surface area contributed by atoms with Crippen LogP contribution in [0.25, 0.3) is 0 Å². The van der Waals surface area contributed by atoms with Gasteiger partial charge in [-0.2, -0.15) is 0 Å². The Bertz CT molecular complexity index is 361. The highest BCUT2D eigenvalue weighted by Crippen LogP contribution is 2.14. The first-order chi connectivity index (χ1) is 7.56. The van der Waals surface area contributed by atoms with E-state index in [2.05, 4.69) is 0 Å². The Morgan fingerprint density at radius 2 is 2.12 bits per heavy atom. The van der Waals surface area contributed by atoms with E-state index >= 15 is 0 Å². The minimum absolute atomic E-state index is 0.0206. The fourth-order valence-corrected chi connectivity index (χ4v) is 1.64. The van der Waals surface area contributed by atoms with E-state index in [0.717, 1.165) is 13.0 Å². The highest BCUT2D eigenvalue weighted by Gasteiger charge is 2.17. The second-order valence-corrected chi connectivity index (χ2v) is 4.14. The standard InChI is InChI=1S/C13H19NO2/c1-4-8-14(10(2)3)13(16)11-6-5-7-12(15)9-11/h5-7,9-10,15H,4,8H2,1-3H3. The molecule has 1 N–H and O–H groups in total. The van der Waals surface area contributed by atoms with Crippen LogP contribution in [0.4, 0.5) is 0 Å². The number of hydrogen-bond acceptors (Lipinski definition) is 2. The van der Waals surface area contributed by atoms with Crippen LogP contribution in [0, 0.1) is 0 Å². The van der Waals surface area contributed by atoms with Crippen LogP contribution in [-0.4, -0.2) is 28.5 Å². The van der Waals surface area contributed by atoms with E-state index in [1.807, 2.05) is 25.7 Å². The Balaban J connectivity index is 2.90. The van der Waals surface area contributed by atoms with E-state index in [1.54, 1.807) is 18.2 Å². The lowest BCUT2D eigenvalue weighted by Gasteiger charge is -2.26. The first-order valence-corrected chi connectivity index (χ1v) is 5.66. The van der Waals surface area contributed by atoms with Crippen molar-refractivity contribution in [2.45, 2.75) is 33.2 Å². The van der Waals surface area contributed by atoms with Gasteiger partial charge < -0.3 is 10.0 Å². The number of rotatable bonds is 4. The summed E-state index contributed by atoms with van der Waals surface area (Å²) >= 11 is 0. The van der Waals surface area contributed by atoms with Gasteiger partial charge in [-0.15, -0.1) is 0 Å². The molecule has 3 heteroatoms. The molecule has 1 aromatic rings. The smallest absolute Gasteiger partial charge is 0.254 e. The quantitative estimate of drug-likeness (QED) is 0.849. The Morgan fingerprint density at radius 3 is 2.62 bits per heavy atom. The van der Waals surface area contributed by atoms with Crippen LogP contribution >= 0.6 is 0 Å². The highest BCUT2D eigenvalue weighted by atomic mass is 16.3. The van der Waals surface area contributed by atoms with Crippen LogP contribution in [0.1, 0.15) is 37.6 Å². The van der Waals surface area contributed by atoms with Crippen molar-refractivity contribution in [3.8, 4) is 5.75 Å². The molecule has 0 saturated carbocycles. The Hall–Kier alpha value is -1.51. The van der Waals surface area contributed by atoms with Crippen molar-refractivity contribution in [1.29, 1.82) is 0 Å². The molecule has 1 aromatic carbocycles. The molecule has 0 aliphatic carbocycles. The molecule has 1 amide bonds. The maximum atomic E-state index is 12.1. The van der Waals surface area contributed by atoms with E-state index in [9.17, 15) is 9.90 Å². The molecule has 0 unspecified atom stereocenters. The molecule has 0 heterocycles. The molecule has 0 aliphatic rings. The lowest BCUT2D eigenvalue weighted by atomic mass is 10.1. The maximum Gasteiger partial charge on any atom is 0.254 e. The average Bonchev–Trinajstić information content (AvgIpc) is 2.24. The van der Waals surface area contributed by atoms with E-state index in [4.69, 9.17) is 0 Å². The van der Waals surface area contributed by atoms with Gasteiger partial charge in [-0.3, -0.25) is 4.79 Å². The Morgan fingerprint density at radius 1 is 1.44 bits per heavy atom. The van der Waals surface area contributed by atoms with Gasteiger partial charge in [0.25, 0.3) is 5.91 Å². The summed E-state index contributed by atoms with van der Waals surface area (Å²) < 4.78 is 0. The lowest BCUT2D eigenvalue weighted by molar-refractivity contribution is 0.0705. The van der Waals surface area contributed by atoms with Gasteiger partial charge in [0.15, 0.2) is 0 Å². The molecule has 88 valence electrons. The third-order valence-electron chi connectivity index (χ3n) is 2.44. The van der Waals surface area contributed by atoms with Gasteiger partial charge in [0.2, 0.25) is 0 Å². The van der Waals surface area contributed by atoms with Gasteiger partial charge >= 0.3 is 0 Å². The van der Waals surface area contributed by atoms with Crippen LogP contribution < -0.4 is 0 Å². The fourth-order valence-electron chi connectivity index (χ4n) is 1.64. The SMILES string of the molecule is CCCN(C(=O)c1cccc(O)c1)C(C)C. The lowest BCUT2D eigenvalue weighted by Crippen LogP contribution is -2.37. The largest absolute Gasteiger partial charge is 0.508 e. The van der Waals surface area contributed by atoms with E-state index in [-0.39, 0.29) is 17.7 Å². The number of phenols is 1. The predicted octanol–water partition coefficient (Wildman–Crippen LogP) is 2.65. The van der Waals surface area contributed by atoms with Gasteiger partial charge in [-0.1, -0.05) is 13.0 Å². The summed E-state index contributed by atoms with van der Waals surface area (Å²) in [4.78, 5) is 14.0. The van der Waals surface area contributed by atoms with Gasteiger partial charge in [0.05, 0.1) is 0 Å². The molecule has 0 aliphatic heterocycles. The van der Waals surface area contributed by atoms with Crippen LogP contribution in [0.3, 0.4) is 0 Å². The number of carbonyl (C=O) groups is 1. The van der Waals surface area contributed by atoms with Gasteiger partial charge in [-0.05, 0) is 38.5 Å². The Kier molecular flexibility index (Phi) is 4.35. The van der Waals surface area contributed by atoms with Crippen LogP contribution in [0.15, 0.2) is 24.3 Å². The topological polar surface area (TPSA) is 40.5 Å². The number of aromatic hydroxyl groups is 1. The summed E-state index contributed by atoms with van der Waals surface area (Å²) in [6, 6.07) is 6.67. The highest BCUT2D eigenvalue weighted by molar-refractivity contribution is 5.94. The number of phenolic OH excluding ortho intramolecular Hbond substituents is 1. The monoisotopic (exact) mass is 221 g/mol. The molecule has 0 bridgehead atoms. The number of hydrogen-bond donors (Lipinski definition) is 1. The second kappa shape index (κ2) is 5.54. The predicted molar refractivity (Wildman–Crippen MR) is 64.6 cm³/mol. The third kappa shape index (κ3) is 2.99.